The van der Waals surface area contributed by atoms with E-state index in [0.717, 1.165) is 38.5 Å². The summed E-state index contributed by atoms with van der Waals surface area (Å²) in [5, 5.41) is 0. The number of carbonyl (C=O) groups is 1. The second-order valence-corrected chi connectivity index (χ2v) is 7.92. The number of rotatable bonds is 0. The van der Waals surface area contributed by atoms with Gasteiger partial charge in [-0.1, -0.05) is 6.92 Å². The van der Waals surface area contributed by atoms with Gasteiger partial charge in [-0.25, -0.2) is 9.78 Å². The van der Waals surface area contributed by atoms with Crippen LogP contribution in [0, 0.1) is 23.2 Å². The van der Waals surface area contributed by atoms with E-state index in [1.165, 1.54) is 0 Å². The molecule has 2 aliphatic carbocycles. The van der Waals surface area contributed by atoms with Crippen molar-refractivity contribution in [2.24, 2.45) is 23.2 Å². The van der Waals surface area contributed by atoms with E-state index < -0.39 is 17.7 Å². The van der Waals surface area contributed by atoms with Crippen LogP contribution in [-0.4, -0.2) is 23.6 Å². The van der Waals surface area contributed by atoms with Gasteiger partial charge in [-0.2, -0.15) is 0 Å². The van der Waals surface area contributed by atoms with E-state index in [-0.39, 0.29) is 17.3 Å². The van der Waals surface area contributed by atoms with Crippen molar-refractivity contribution < 1.29 is 24.0 Å². The fraction of sp³-hybridized carbons (Fsp3) is 0.938. The van der Waals surface area contributed by atoms with Crippen molar-refractivity contribution in [3.63, 3.8) is 0 Å². The molecule has 1 unspecified atom stereocenters. The lowest BCUT2D eigenvalue weighted by molar-refractivity contribution is -0.560. The monoisotopic (exact) mass is 294 g/mol. The average Bonchev–Trinajstić information content (AvgIpc) is 3.24. The summed E-state index contributed by atoms with van der Waals surface area (Å²) < 4.78 is 11.8. The van der Waals surface area contributed by atoms with Crippen molar-refractivity contribution >= 4 is 5.97 Å². The highest BCUT2D eigenvalue weighted by Crippen LogP contribution is 2.69. The summed E-state index contributed by atoms with van der Waals surface area (Å²) in [5.41, 5.74) is -0.905. The summed E-state index contributed by atoms with van der Waals surface area (Å²) in [7, 11) is 0. The van der Waals surface area contributed by atoms with Gasteiger partial charge in [0.05, 0.1) is 5.41 Å². The summed E-state index contributed by atoms with van der Waals surface area (Å²) in [6.07, 6.45) is 5.20. The van der Waals surface area contributed by atoms with Gasteiger partial charge in [-0.05, 0) is 44.9 Å². The zero-order chi connectivity index (χ0) is 14.5. The van der Waals surface area contributed by atoms with Crippen LogP contribution in [0.15, 0.2) is 0 Å². The molecule has 6 atom stereocenters. The summed E-state index contributed by atoms with van der Waals surface area (Å²) in [4.78, 5) is 24.2. The summed E-state index contributed by atoms with van der Waals surface area (Å²) >= 11 is 0. The first-order valence-electron chi connectivity index (χ1n) is 8.26. The van der Waals surface area contributed by atoms with Gasteiger partial charge in [0.15, 0.2) is 5.60 Å². The molecule has 2 spiro atoms. The molecule has 0 aromatic heterocycles. The standard InChI is InChI=1S/C16H22O5/c1-9-3-4-11-15(7-8-15)12(17)18-13-16(11)10(9)5-6-14(2,19-13)20-21-16/h9-11,13H,3-8H2,1-2H3/t9-,10+,11?,13-,14-,16-/m1/s1. The number of esters is 1. The summed E-state index contributed by atoms with van der Waals surface area (Å²) in [6.45, 7) is 4.17. The van der Waals surface area contributed by atoms with E-state index in [0.29, 0.717) is 11.8 Å². The minimum absolute atomic E-state index is 0.0730. The number of carbonyl (C=O) groups excluding carboxylic acids is 1. The maximum atomic E-state index is 12.5. The van der Waals surface area contributed by atoms with E-state index in [9.17, 15) is 4.79 Å². The van der Waals surface area contributed by atoms with Crippen molar-refractivity contribution in [3.05, 3.63) is 0 Å². The molecular formula is C16H22O5. The van der Waals surface area contributed by atoms with Crippen LogP contribution in [0.1, 0.15) is 52.4 Å². The molecular weight excluding hydrogens is 272 g/mol. The quantitative estimate of drug-likeness (QED) is 0.507. The molecule has 5 heteroatoms. The Balaban J connectivity index is 1.68. The lowest BCUT2D eigenvalue weighted by Gasteiger charge is -2.58. The first-order chi connectivity index (χ1) is 10.0. The molecule has 0 aromatic rings. The van der Waals surface area contributed by atoms with E-state index in [1.54, 1.807) is 0 Å². The van der Waals surface area contributed by atoms with Gasteiger partial charge < -0.3 is 9.47 Å². The van der Waals surface area contributed by atoms with Crippen LogP contribution >= 0.6 is 0 Å². The molecule has 116 valence electrons. The predicted molar refractivity (Wildman–Crippen MR) is 70.6 cm³/mol. The molecule has 0 amide bonds. The number of hydrogen-bond donors (Lipinski definition) is 0. The van der Waals surface area contributed by atoms with Gasteiger partial charge in [0.2, 0.25) is 12.1 Å². The second kappa shape index (κ2) is 3.63. The molecule has 21 heavy (non-hydrogen) atoms. The van der Waals surface area contributed by atoms with Gasteiger partial charge in [-0.15, -0.1) is 0 Å². The Kier molecular flexibility index (Phi) is 2.22. The number of ether oxygens (including phenoxy) is 2. The third-order valence-corrected chi connectivity index (χ3v) is 6.79. The molecule has 6 aliphatic rings. The first-order valence-corrected chi connectivity index (χ1v) is 8.26. The first kappa shape index (κ1) is 12.9. The van der Waals surface area contributed by atoms with Crippen molar-refractivity contribution in [2.75, 3.05) is 0 Å². The molecule has 0 radical (unpaired) electrons. The minimum atomic E-state index is -0.786. The maximum absolute atomic E-state index is 12.5. The van der Waals surface area contributed by atoms with Crippen molar-refractivity contribution in [1.82, 2.24) is 0 Å². The normalized spacial score (nSPS) is 56.6. The highest BCUT2D eigenvalue weighted by atomic mass is 17.3. The van der Waals surface area contributed by atoms with Crippen molar-refractivity contribution in [1.29, 1.82) is 0 Å². The molecule has 4 saturated heterocycles. The third-order valence-electron chi connectivity index (χ3n) is 6.79. The van der Waals surface area contributed by atoms with Crippen LogP contribution in [0.25, 0.3) is 0 Å². The fourth-order valence-electron chi connectivity index (χ4n) is 5.45. The molecule has 2 saturated carbocycles. The second-order valence-electron chi connectivity index (χ2n) is 7.92. The zero-order valence-electron chi connectivity index (χ0n) is 12.6. The van der Waals surface area contributed by atoms with E-state index in [1.807, 2.05) is 6.92 Å². The van der Waals surface area contributed by atoms with Crippen LogP contribution in [0.3, 0.4) is 0 Å². The Hall–Kier alpha value is -0.650. The van der Waals surface area contributed by atoms with E-state index in [2.05, 4.69) is 6.92 Å². The van der Waals surface area contributed by atoms with Gasteiger partial charge in [0, 0.05) is 18.3 Å². The molecule has 6 rings (SSSR count). The molecule has 6 fully saturated rings. The third kappa shape index (κ3) is 1.36. The molecule has 4 aliphatic heterocycles. The maximum Gasteiger partial charge on any atom is 0.314 e. The van der Waals surface area contributed by atoms with Crippen LogP contribution in [0.2, 0.25) is 0 Å². The van der Waals surface area contributed by atoms with Crippen molar-refractivity contribution in [3.8, 4) is 0 Å². The van der Waals surface area contributed by atoms with Crippen LogP contribution in [0.5, 0.6) is 0 Å². The summed E-state index contributed by atoms with van der Waals surface area (Å²) in [5.74, 6) is 0.211. The lowest BCUT2D eigenvalue weighted by atomic mass is 9.57. The molecule has 5 nitrogen and oxygen atoms in total. The highest BCUT2D eigenvalue weighted by Gasteiger charge is 2.77. The van der Waals surface area contributed by atoms with Gasteiger partial charge >= 0.3 is 5.97 Å². The Bertz CT molecular complexity index is 515. The largest absolute Gasteiger partial charge is 0.432 e. The van der Waals surface area contributed by atoms with Gasteiger partial charge in [0.1, 0.15) is 0 Å². The average molecular weight is 294 g/mol. The Labute approximate surface area is 124 Å². The molecule has 0 aromatic carbocycles. The Morgan fingerprint density at radius 1 is 1.10 bits per heavy atom. The van der Waals surface area contributed by atoms with Crippen LogP contribution < -0.4 is 0 Å². The molecule has 2 bridgehead atoms. The molecule has 0 N–H and O–H groups in total. The van der Waals surface area contributed by atoms with Gasteiger partial charge in [-0.3, -0.25) is 4.79 Å². The van der Waals surface area contributed by atoms with E-state index in [4.69, 9.17) is 19.2 Å². The SMILES string of the molecule is C[C@@H]1CCC2C3(CC3)C(=O)O[C@@H]3O[C@@]4(C)CC[C@@H]1[C@@]23OO4. The topological polar surface area (TPSA) is 54.0 Å². The van der Waals surface area contributed by atoms with Crippen molar-refractivity contribution in [2.45, 2.75) is 70.1 Å². The highest BCUT2D eigenvalue weighted by molar-refractivity contribution is 5.82. The zero-order valence-corrected chi connectivity index (χ0v) is 12.6. The fourth-order valence-corrected chi connectivity index (χ4v) is 5.45. The lowest BCUT2D eigenvalue weighted by Crippen LogP contribution is -2.70. The Morgan fingerprint density at radius 2 is 1.90 bits per heavy atom. The van der Waals surface area contributed by atoms with E-state index >= 15 is 0 Å². The van der Waals surface area contributed by atoms with Crippen LogP contribution in [-0.2, 0) is 24.0 Å². The molecule has 4 heterocycles. The Morgan fingerprint density at radius 3 is 2.67 bits per heavy atom. The van der Waals surface area contributed by atoms with Gasteiger partial charge in [0.25, 0.3) is 0 Å². The smallest absolute Gasteiger partial charge is 0.314 e. The number of fused-ring (bicyclic) bond motifs is 3. The predicted octanol–water partition coefficient (Wildman–Crippen LogP) is 2.54. The number of hydrogen-bond acceptors (Lipinski definition) is 5. The summed E-state index contributed by atoms with van der Waals surface area (Å²) in [6, 6.07) is 0. The van der Waals surface area contributed by atoms with Crippen LogP contribution in [0.4, 0.5) is 0 Å². The minimum Gasteiger partial charge on any atom is -0.432 e.